The van der Waals surface area contributed by atoms with E-state index < -0.39 is 28.1 Å². The van der Waals surface area contributed by atoms with Crippen LogP contribution in [0.3, 0.4) is 0 Å². The van der Waals surface area contributed by atoms with Crippen LogP contribution in [-0.4, -0.2) is 56.3 Å². The molecule has 0 bridgehead atoms. The van der Waals surface area contributed by atoms with Crippen molar-refractivity contribution in [2.75, 3.05) is 18.4 Å². The number of hydrogen-bond acceptors (Lipinski definition) is 6. The van der Waals surface area contributed by atoms with Gasteiger partial charge in [0.1, 0.15) is 6.04 Å². The van der Waals surface area contributed by atoms with Crippen molar-refractivity contribution >= 4 is 33.5 Å². The molecule has 1 aliphatic heterocycles. The molecule has 9 nitrogen and oxygen atoms in total. The van der Waals surface area contributed by atoms with E-state index in [-0.39, 0.29) is 16.7 Å². The van der Waals surface area contributed by atoms with Crippen LogP contribution in [0.4, 0.5) is 5.69 Å². The Morgan fingerprint density at radius 2 is 1.64 bits per heavy atom. The average molecular weight is 411 g/mol. The van der Waals surface area contributed by atoms with Gasteiger partial charge >= 0.3 is 5.97 Å². The van der Waals surface area contributed by atoms with E-state index in [1.54, 1.807) is 4.90 Å². The minimum Gasteiger partial charge on any atom is -0.451 e. The van der Waals surface area contributed by atoms with Gasteiger partial charge in [-0.05, 0) is 51.0 Å². The van der Waals surface area contributed by atoms with Crippen molar-refractivity contribution in [1.82, 2.24) is 9.62 Å². The first-order valence-corrected chi connectivity index (χ1v) is 10.5. The van der Waals surface area contributed by atoms with Crippen molar-refractivity contribution in [2.24, 2.45) is 0 Å². The van der Waals surface area contributed by atoms with Gasteiger partial charge in [-0.3, -0.25) is 14.4 Å². The third-order valence-electron chi connectivity index (χ3n) is 4.23. The molecule has 154 valence electrons. The summed E-state index contributed by atoms with van der Waals surface area (Å²) in [6.45, 7) is 5.43. The average Bonchev–Trinajstić information content (AvgIpc) is 3.15. The lowest BCUT2D eigenvalue weighted by atomic mass is 10.3. The second-order valence-corrected chi connectivity index (χ2v) is 8.37. The largest absolute Gasteiger partial charge is 0.451 e. The van der Waals surface area contributed by atoms with Crippen LogP contribution in [0.1, 0.15) is 33.6 Å². The second-order valence-electron chi connectivity index (χ2n) is 6.66. The van der Waals surface area contributed by atoms with Gasteiger partial charge in [0.05, 0.1) is 4.90 Å². The van der Waals surface area contributed by atoms with E-state index in [4.69, 9.17) is 4.74 Å². The number of ether oxygens (including phenoxy) is 1. The van der Waals surface area contributed by atoms with Crippen LogP contribution >= 0.6 is 0 Å². The molecule has 0 radical (unpaired) electrons. The van der Waals surface area contributed by atoms with E-state index in [1.165, 1.54) is 45.0 Å². The van der Waals surface area contributed by atoms with E-state index >= 15 is 0 Å². The van der Waals surface area contributed by atoms with Crippen molar-refractivity contribution < 1.29 is 27.5 Å². The Morgan fingerprint density at radius 3 is 2.18 bits per heavy atom. The molecule has 1 heterocycles. The van der Waals surface area contributed by atoms with Gasteiger partial charge in [0.15, 0.2) is 6.10 Å². The standard InChI is InChI=1S/C18H25N3O6S/c1-12(18(24)27-13(2)17(23)21-10-4-5-11-21)20-28(25,26)16-8-6-15(7-9-16)19-14(3)22/h6-9,12-13,20H,4-5,10-11H2,1-3H3,(H,19,22)/t12-,13-/m0/s1. The SMILES string of the molecule is CC(=O)Nc1ccc(S(=O)(=O)N[C@@H](C)C(=O)O[C@@H](C)C(=O)N2CCCC2)cc1. The summed E-state index contributed by atoms with van der Waals surface area (Å²) in [5.41, 5.74) is 0.452. The molecular weight excluding hydrogens is 386 g/mol. The number of carbonyl (C=O) groups is 3. The molecule has 0 aromatic heterocycles. The normalized spacial score (nSPS) is 16.3. The number of carbonyl (C=O) groups excluding carboxylic acids is 3. The van der Waals surface area contributed by atoms with Gasteiger partial charge in [0.25, 0.3) is 5.91 Å². The van der Waals surface area contributed by atoms with Crippen molar-refractivity contribution in [3.05, 3.63) is 24.3 Å². The topological polar surface area (TPSA) is 122 Å². The number of sulfonamides is 1. The molecule has 1 aromatic rings. The monoisotopic (exact) mass is 411 g/mol. The number of likely N-dealkylation sites (tertiary alicyclic amines) is 1. The van der Waals surface area contributed by atoms with Gasteiger partial charge in [-0.2, -0.15) is 4.72 Å². The predicted molar refractivity (Wildman–Crippen MR) is 102 cm³/mol. The lowest BCUT2D eigenvalue weighted by Crippen LogP contribution is -2.44. The molecule has 2 amide bonds. The minimum absolute atomic E-state index is 0.0672. The quantitative estimate of drug-likeness (QED) is 0.642. The summed E-state index contributed by atoms with van der Waals surface area (Å²) in [7, 11) is -3.98. The Balaban J connectivity index is 1.95. The smallest absolute Gasteiger partial charge is 0.324 e. The summed E-state index contributed by atoms with van der Waals surface area (Å²) < 4.78 is 32.2. The van der Waals surface area contributed by atoms with Crippen LogP contribution in [0.5, 0.6) is 0 Å². The third-order valence-corrected chi connectivity index (χ3v) is 5.79. The Labute approximate surface area is 164 Å². The molecule has 1 aliphatic rings. The Hall–Kier alpha value is -2.46. The highest BCUT2D eigenvalue weighted by Gasteiger charge is 2.29. The molecule has 28 heavy (non-hydrogen) atoms. The van der Waals surface area contributed by atoms with Gasteiger partial charge < -0.3 is 15.0 Å². The summed E-state index contributed by atoms with van der Waals surface area (Å²) in [5.74, 6) is -1.39. The maximum absolute atomic E-state index is 12.4. The van der Waals surface area contributed by atoms with Crippen LogP contribution in [0.2, 0.25) is 0 Å². The fourth-order valence-corrected chi connectivity index (χ4v) is 3.98. The van der Waals surface area contributed by atoms with E-state index in [9.17, 15) is 22.8 Å². The maximum atomic E-state index is 12.4. The van der Waals surface area contributed by atoms with Crippen molar-refractivity contribution in [3.8, 4) is 0 Å². The first-order valence-electron chi connectivity index (χ1n) is 8.99. The lowest BCUT2D eigenvalue weighted by molar-refractivity contribution is -0.159. The molecule has 0 saturated carbocycles. The van der Waals surface area contributed by atoms with E-state index in [0.717, 1.165) is 12.8 Å². The lowest BCUT2D eigenvalue weighted by Gasteiger charge is -2.22. The van der Waals surface area contributed by atoms with Gasteiger partial charge in [-0.15, -0.1) is 0 Å². The van der Waals surface area contributed by atoms with E-state index in [2.05, 4.69) is 10.0 Å². The first kappa shape index (κ1) is 21.8. The molecule has 10 heteroatoms. The molecule has 2 N–H and O–H groups in total. The number of benzene rings is 1. The number of esters is 1. The summed E-state index contributed by atoms with van der Waals surface area (Å²) in [6.07, 6.45) is 0.863. The highest BCUT2D eigenvalue weighted by molar-refractivity contribution is 7.89. The third kappa shape index (κ3) is 5.77. The number of amides is 2. The van der Waals surface area contributed by atoms with Crippen molar-refractivity contribution in [1.29, 1.82) is 0 Å². The van der Waals surface area contributed by atoms with E-state index in [1.807, 2.05) is 0 Å². The molecule has 2 rings (SSSR count). The Bertz CT molecular complexity index is 831. The van der Waals surface area contributed by atoms with Crippen LogP contribution in [0.25, 0.3) is 0 Å². The predicted octanol–water partition coefficient (Wildman–Crippen LogP) is 0.866. The molecule has 0 unspecified atom stereocenters. The molecule has 0 spiro atoms. The highest BCUT2D eigenvalue weighted by Crippen LogP contribution is 2.15. The summed E-state index contributed by atoms with van der Waals surface area (Å²) >= 11 is 0. The van der Waals surface area contributed by atoms with Crippen molar-refractivity contribution in [3.63, 3.8) is 0 Å². The zero-order valence-corrected chi connectivity index (χ0v) is 16.9. The van der Waals surface area contributed by atoms with Crippen LogP contribution in [0, 0.1) is 0 Å². The van der Waals surface area contributed by atoms with Gasteiger partial charge in [0.2, 0.25) is 15.9 Å². The molecule has 1 saturated heterocycles. The van der Waals surface area contributed by atoms with Crippen LogP contribution in [-0.2, 0) is 29.1 Å². The van der Waals surface area contributed by atoms with Crippen LogP contribution < -0.4 is 10.0 Å². The van der Waals surface area contributed by atoms with Gasteiger partial charge in [-0.25, -0.2) is 8.42 Å². The first-order chi connectivity index (χ1) is 13.1. The van der Waals surface area contributed by atoms with Crippen LogP contribution in [0.15, 0.2) is 29.2 Å². The maximum Gasteiger partial charge on any atom is 0.324 e. The Kier molecular flexibility index (Phi) is 7.14. The molecular formula is C18H25N3O6S. The molecule has 1 fully saturated rings. The minimum atomic E-state index is -3.98. The fraction of sp³-hybridized carbons (Fsp3) is 0.500. The zero-order chi connectivity index (χ0) is 20.9. The zero-order valence-electron chi connectivity index (χ0n) is 16.1. The fourth-order valence-electron chi connectivity index (χ4n) is 2.79. The number of anilines is 1. The summed E-state index contributed by atoms with van der Waals surface area (Å²) in [4.78, 5) is 37.0. The number of nitrogens with zero attached hydrogens (tertiary/aromatic N) is 1. The second kappa shape index (κ2) is 9.16. The molecule has 2 atom stereocenters. The summed E-state index contributed by atoms with van der Waals surface area (Å²) in [6, 6.07) is 4.33. The van der Waals surface area contributed by atoms with E-state index in [0.29, 0.717) is 18.8 Å². The Morgan fingerprint density at radius 1 is 1.07 bits per heavy atom. The molecule has 1 aromatic carbocycles. The number of nitrogens with one attached hydrogen (secondary N) is 2. The summed E-state index contributed by atoms with van der Waals surface area (Å²) in [5, 5.41) is 2.53. The van der Waals surface area contributed by atoms with Gasteiger partial charge in [-0.1, -0.05) is 0 Å². The number of rotatable bonds is 7. The van der Waals surface area contributed by atoms with Crippen molar-refractivity contribution in [2.45, 2.75) is 50.7 Å². The highest BCUT2D eigenvalue weighted by atomic mass is 32.2. The molecule has 0 aliphatic carbocycles. The van der Waals surface area contributed by atoms with Gasteiger partial charge in [0, 0.05) is 25.7 Å². The number of hydrogen-bond donors (Lipinski definition) is 2.